The van der Waals surface area contributed by atoms with E-state index in [2.05, 4.69) is 11.5 Å². The van der Waals surface area contributed by atoms with E-state index in [9.17, 15) is 4.79 Å². The number of nitriles is 1. The molecule has 0 aromatic heterocycles. The fourth-order valence-corrected chi connectivity index (χ4v) is 3.10. The van der Waals surface area contributed by atoms with E-state index in [4.69, 9.17) is 16.9 Å². The number of nitrogens with zero attached hydrogens (tertiary/aromatic N) is 2. The van der Waals surface area contributed by atoms with E-state index in [1.165, 1.54) is 0 Å². The maximum absolute atomic E-state index is 12.5. The molecule has 3 rings (SSSR count). The van der Waals surface area contributed by atoms with Gasteiger partial charge in [0.25, 0.3) is 5.91 Å². The molecule has 1 fully saturated rings. The highest BCUT2D eigenvalue weighted by molar-refractivity contribution is 6.36. The van der Waals surface area contributed by atoms with Crippen molar-refractivity contribution in [1.82, 2.24) is 10.2 Å². The molecule has 1 unspecified atom stereocenters. The summed E-state index contributed by atoms with van der Waals surface area (Å²) in [5.41, 5.74) is 2.28. The van der Waals surface area contributed by atoms with Crippen LogP contribution in [-0.2, 0) is 0 Å². The first kappa shape index (κ1) is 15.4. The lowest BCUT2D eigenvalue weighted by Gasteiger charge is -2.14. The van der Waals surface area contributed by atoms with Crippen LogP contribution in [-0.4, -0.2) is 29.9 Å². The summed E-state index contributed by atoms with van der Waals surface area (Å²) in [6, 6.07) is 15.2. The summed E-state index contributed by atoms with van der Waals surface area (Å²) in [6.07, 6.45) is 2.88. The van der Waals surface area contributed by atoms with Crippen molar-refractivity contribution in [2.24, 2.45) is 0 Å². The van der Waals surface area contributed by atoms with Crippen molar-refractivity contribution >= 4 is 17.5 Å². The molecular formula is C18H16ClN3O. The van der Waals surface area contributed by atoms with Gasteiger partial charge in [-0.05, 0) is 18.1 Å². The van der Waals surface area contributed by atoms with Gasteiger partial charge in [0.1, 0.15) is 0 Å². The van der Waals surface area contributed by atoms with Crippen LogP contribution in [0.2, 0.25) is 5.02 Å². The summed E-state index contributed by atoms with van der Waals surface area (Å²) >= 11 is 6.46. The van der Waals surface area contributed by atoms with E-state index >= 15 is 0 Å². The number of carbonyl (C=O) groups is 1. The van der Waals surface area contributed by atoms with Gasteiger partial charge >= 0.3 is 0 Å². The van der Waals surface area contributed by atoms with Crippen molar-refractivity contribution in [3.05, 3.63) is 59.1 Å². The molecule has 0 spiro atoms. The SMILES string of the molecule is N#CN1CCC(NC(=O)c2cccc(-c3ccccc3)c2Cl)C1. The Morgan fingerprint density at radius 2 is 2.00 bits per heavy atom. The minimum absolute atomic E-state index is 0.0152. The highest BCUT2D eigenvalue weighted by Gasteiger charge is 2.24. The number of carbonyl (C=O) groups excluding carboxylic acids is 1. The number of hydrogen-bond donors (Lipinski definition) is 1. The van der Waals surface area contributed by atoms with Gasteiger partial charge in [0.2, 0.25) is 0 Å². The molecule has 1 amide bonds. The van der Waals surface area contributed by atoms with Crippen LogP contribution in [0.1, 0.15) is 16.8 Å². The fourth-order valence-electron chi connectivity index (χ4n) is 2.78. The van der Waals surface area contributed by atoms with Crippen LogP contribution >= 0.6 is 11.6 Å². The van der Waals surface area contributed by atoms with Gasteiger partial charge < -0.3 is 10.2 Å². The van der Waals surface area contributed by atoms with Crippen LogP contribution in [0, 0.1) is 11.5 Å². The molecule has 2 aromatic carbocycles. The number of halogens is 1. The molecule has 5 heteroatoms. The van der Waals surface area contributed by atoms with Gasteiger partial charge in [-0.3, -0.25) is 4.79 Å². The first-order valence-electron chi connectivity index (χ1n) is 7.48. The van der Waals surface area contributed by atoms with Gasteiger partial charge in [-0.1, -0.05) is 54.1 Å². The molecule has 4 nitrogen and oxygen atoms in total. The van der Waals surface area contributed by atoms with E-state index < -0.39 is 0 Å². The number of nitrogens with one attached hydrogen (secondary N) is 1. The molecule has 1 aliphatic heterocycles. The molecule has 1 N–H and O–H groups in total. The summed E-state index contributed by atoms with van der Waals surface area (Å²) in [6.45, 7) is 1.23. The third-order valence-corrected chi connectivity index (χ3v) is 4.40. The number of likely N-dealkylation sites (tertiary alicyclic amines) is 1. The highest BCUT2D eigenvalue weighted by atomic mass is 35.5. The zero-order valence-electron chi connectivity index (χ0n) is 12.5. The zero-order chi connectivity index (χ0) is 16.2. The average Bonchev–Trinajstić information content (AvgIpc) is 3.03. The van der Waals surface area contributed by atoms with Gasteiger partial charge in [-0.2, -0.15) is 5.26 Å². The summed E-state index contributed by atoms with van der Waals surface area (Å²) in [5, 5.41) is 12.3. The van der Waals surface area contributed by atoms with Crippen LogP contribution in [0.4, 0.5) is 0 Å². The van der Waals surface area contributed by atoms with Crippen molar-refractivity contribution in [2.45, 2.75) is 12.5 Å². The second-order valence-corrected chi connectivity index (χ2v) is 5.92. The smallest absolute Gasteiger partial charge is 0.253 e. The molecule has 1 heterocycles. The van der Waals surface area contributed by atoms with Crippen molar-refractivity contribution in [3.8, 4) is 17.3 Å². The lowest BCUT2D eigenvalue weighted by molar-refractivity contribution is 0.0939. The van der Waals surface area contributed by atoms with Crippen LogP contribution in [0.5, 0.6) is 0 Å². The maximum Gasteiger partial charge on any atom is 0.253 e. The number of rotatable bonds is 3. The second-order valence-electron chi connectivity index (χ2n) is 5.54. The highest BCUT2D eigenvalue weighted by Crippen LogP contribution is 2.30. The lowest BCUT2D eigenvalue weighted by Crippen LogP contribution is -2.36. The van der Waals surface area contributed by atoms with Crippen LogP contribution in [0.25, 0.3) is 11.1 Å². The quantitative estimate of drug-likeness (QED) is 0.881. The third kappa shape index (κ3) is 3.30. The zero-order valence-corrected chi connectivity index (χ0v) is 13.3. The van der Waals surface area contributed by atoms with Gasteiger partial charge in [0.05, 0.1) is 10.6 Å². The minimum atomic E-state index is -0.197. The molecule has 0 bridgehead atoms. The Labute approximate surface area is 140 Å². The van der Waals surface area contributed by atoms with Crippen molar-refractivity contribution in [2.75, 3.05) is 13.1 Å². The summed E-state index contributed by atoms with van der Waals surface area (Å²) in [4.78, 5) is 14.1. The summed E-state index contributed by atoms with van der Waals surface area (Å²) < 4.78 is 0. The molecule has 0 aliphatic carbocycles. The normalized spacial score (nSPS) is 16.9. The number of benzene rings is 2. The molecule has 1 atom stereocenters. The Balaban J connectivity index is 1.81. The van der Waals surface area contributed by atoms with Crippen LogP contribution in [0.15, 0.2) is 48.5 Å². The Morgan fingerprint density at radius 3 is 2.70 bits per heavy atom. The summed E-state index contributed by atoms with van der Waals surface area (Å²) in [5.74, 6) is -0.197. The molecule has 0 saturated carbocycles. The molecule has 1 saturated heterocycles. The van der Waals surface area contributed by atoms with Gasteiger partial charge in [0, 0.05) is 24.7 Å². The standard InChI is InChI=1S/C18H16ClN3O/c19-17-15(13-5-2-1-3-6-13)7-4-8-16(17)18(23)21-14-9-10-22(11-14)12-20/h1-8,14H,9-11H2,(H,21,23). The van der Waals surface area contributed by atoms with Crippen molar-refractivity contribution in [3.63, 3.8) is 0 Å². The second kappa shape index (κ2) is 6.72. The largest absolute Gasteiger partial charge is 0.347 e. The Kier molecular flexibility index (Phi) is 4.50. The predicted octanol–water partition coefficient (Wildman–Crippen LogP) is 3.29. The van der Waals surface area contributed by atoms with Crippen LogP contribution < -0.4 is 5.32 Å². The number of hydrogen-bond acceptors (Lipinski definition) is 3. The van der Waals surface area contributed by atoms with Gasteiger partial charge in [0.15, 0.2) is 6.19 Å². The molecule has 2 aromatic rings. The molecular weight excluding hydrogens is 310 g/mol. The molecule has 0 radical (unpaired) electrons. The predicted molar refractivity (Wildman–Crippen MR) is 89.9 cm³/mol. The van der Waals surface area contributed by atoms with Crippen molar-refractivity contribution in [1.29, 1.82) is 5.26 Å². The third-order valence-electron chi connectivity index (χ3n) is 3.99. The van der Waals surface area contributed by atoms with Gasteiger partial charge in [-0.15, -0.1) is 0 Å². The Bertz CT molecular complexity index is 755. The summed E-state index contributed by atoms with van der Waals surface area (Å²) in [7, 11) is 0. The van der Waals surface area contributed by atoms with E-state index in [1.807, 2.05) is 42.5 Å². The minimum Gasteiger partial charge on any atom is -0.347 e. The van der Waals surface area contributed by atoms with E-state index in [-0.39, 0.29) is 11.9 Å². The molecule has 23 heavy (non-hydrogen) atoms. The van der Waals surface area contributed by atoms with E-state index in [0.717, 1.165) is 17.5 Å². The van der Waals surface area contributed by atoms with E-state index in [0.29, 0.717) is 23.7 Å². The maximum atomic E-state index is 12.5. The number of amides is 1. The van der Waals surface area contributed by atoms with Crippen LogP contribution in [0.3, 0.4) is 0 Å². The first-order valence-corrected chi connectivity index (χ1v) is 7.86. The Hall–Kier alpha value is -2.51. The lowest BCUT2D eigenvalue weighted by atomic mass is 10.0. The Morgan fingerprint density at radius 1 is 1.22 bits per heavy atom. The monoisotopic (exact) mass is 325 g/mol. The molecule has 116 valence electrons. The molecule has 1 aliphatic rings. The average molecular weight is 326 g/mol. The van der Waals surface area contributed by atoms with Crippen molar-refractivity contribution < 1.29 is 4.79 Å². The topological polar surface area (TPSA) is 56.1 Å². The fraction of sp³-hybridized carbons (Fsp3) is 0.222. The first-order chi connectivity index (χ1) is 11.2. The van der Waals surface area contributed by atoms with E-state index in [1.54, 1.807) is 11.0 Å². The van der Waals surface area contributed by atoms with Gasteiger partial charge in [-0.25, -0.2) is 0 Å².